The van der Waals surface area contributed by atoms with Crippen molar-refractivity contribution in [1.29, 1.82) is 0 Å². The highest BCUT2D eigenvalue weighted by Crippen LogP contribution is 2.36. The molecule has 1 aromatic rings. The Bertz CT molecular complexity index is 773. The smallest absolute Gasteiger partial charge is 0.231 e. The summed E-state index contributed by atoms with van der Waals surface area (Å²) in [4.78, 5) is 27.9. The lowest BCUT2D eigenvalue weighted by molar-refractivity contribution is -0.129. The van der Waals surface area contributed by atoms with Gasteiger partial charge in [-0.2, -0.15) is 0 Å². The molecule has 1 N–H and O–H groups in total. The largest absolute Gasteiger partial charge is 0.454 e. The average molecular weight is 422 g/mol. The maximum absolute atomic E-state index is 12.3. The zero-order chi connectivity index (χ0) is 20.2. The predicted molar refractivity (Wildman–Crippen MR) is 109 cm³/mol. The van der Waals surface area contributed by atoms with E-state index in [1.807, 2.05) is 15.9 Å². The molecule has 3 aliphatic rings. The van der Waals surface area contributed by atoms with Gasteiger partial charge in [0, 0.05) is 56.2 Å². The quantitative estimate of drug-likeness (QED) is 0.620. The van der Waals surface area contributed by atoms with Crippen LogP contribution >= 0.6 is 11.6 Å². The lowest BCUT2D eigenvalue weighted by Gasteiger charge is -2.26. The Morgan fingerprint density at radius 3 is 2.72 bits per heavy atom. The molecule has 29 heavy (non-hydrogen) atoms. The molecule has 1 unspecified atom stereocenters. The predicted octanol–water partition coefficient (Wildman–Crippen LogP) is 2.55. The molecule has 2 amide bonds. The molecule has 1 atom stereocenters. The van der Waals surface area contributed by atoms with Crippen LogP contribution in [0.4, 0.5) is 0 Å². The monoisotopic (exact) mass is 421 g/mol. The van der Waals surface area contributed by atoms with E-state index in [0.29, 0.717) is 30.2 Å². The van der Waals surface area contributed by atoms with Crippen LogP contribution in [0, 0.1) is 0 Å². The highest BCUT2D eigenvalue weighted by Gasteiger charge is 2.30. The number of amides is 2. The van der Waals surface area contributed by atoms with Crippen LogP contribution in [0.25, 0.3) is 0 Å². The third-order valence-electron chi connectivity index (χ3n) is 5.96. The van der Waals surface area contributed by atoms with Crippen LogP contribution in [0.1, 0.15) is 44.1 Å². The zero-order valence-corrected chi connectivity index (χ0v) is 17.4. The first kappa shape index (κ1) is 20.3. The number of hydrogen-bond acceptors (Lipinski definition) is 5. The number of ether oxygens (including phenoxy) is 2. The van der Waals surface area contributed by atoms with Gasteiger partial charge in [0.1, 0.15) is 0 Å². The maximum Gasteiger partial charge on any atom is 0.231 e. The molecule has 158 valence electrons. The van der Waals surface area contributed by atoms with E-state index in [1.165, 1.54) is 0 Å². The number of nitrogens with zero attached hydrogens (tertiary/aromatic N) is 2. The van der Waals surface area contributed by atoms with E-state index in [1.54, 1.807) is 6.07 Å². The molecule has 0 bridgehead atoms. The van der Waals surface area contributed by atoms with Crippen LogP contribution in [0.2, 0.25) is 5.02 Å². The van der Waals surface area contributed by atoms with E-state index in [0.717, 1.165) is 63.2 Å². The molecule has 7 nitrogen and oxygen atoms in total. The van der Waals surface area contributed by atoms with Crippen molar-refractivity contribution in [1.82, 2.24) is 15.1 Å². The van der Waals surface area contributed by atoms with E-state index in [2.05, 4.69) is 5.32 Å². The Balaban J connectivity index is 1.20. The van der Waals surface area contributed by atoms with Crippen LogP contribution in [-0.2, 0) is 16.1 Å². The fourth-order valence-electron chi connectivity index (χ4n) is 4.36. The van der Waals surface area contributed by atoms with Crippen molar-refractivity contribution in [3.63, 3.8) is 0 Å². The van der Waals surface area contributed by atoms with Gasteiger partial charge >= 0.3 is 0 Å². The number of carbonyl (C=O) groups is 2. The van der Waals surface area contributed by atoms with E-state index in [4.69, 9.17) is 21.1 Å². The Labute approximate surface area is 176 Å². The lowest BCUT2D eigenvalue weighted by atomic mass is 10.1. The standard InChI is InChI=1S/C21H28ClN3O4/c22-17-12-19-18(28-14-29-19)11-15(17)13-23-7-6-16-4-5-21(27)25(16)10-2-9-24-8-1-3-20(24)26/h11-12,16,23H,1-10,13-14H2. The molecule has 8 heteroatoms. The summed E-state index contributed by atoms with van der Waals surface area (Å²) >= 11 is 6.32. The number of halogens is 1. The summed E-state index contributed by atoms with van der Waals surface area (Å²) in [5, 5.41) is 4.09. The number of rotatable bonds is 9. The molecule has 3 heterocycles. The normalized spacial score (nSPS) is 20.9. The van der Waals surface area contributed by atoms with Gasteiger partial charge in [0.05, 0.1) is 0 Å². The summed E-state index contributed by atoms with van der Waals surface area (Å²) in [6, 6.07) is 3.99. The van der Waals surface area contributed by atoms with Gasteiger partial charge < -0.3 is 24.6 Å². The topological polar surface area (TPSA) is 71.1 Å². The van der Waals surface area contributed by atoms with E-state index in [9.17, 15) is 9.59 Å². The fraction of sp³-hybridized carbons (Fsp3) is 0.619. The number of hydrogen-bond donors (Lipinski definition) is 1. The first-order chi connectivity index (χ1) is 14.1. The highest BCUT2D eigenvalue weighted by molar-refractivity contribution is 6.31. The summed E-state index contributed by atoms with van der Waals surface area (Å²) in [5.41, 5.74) is 0.977. The van der Waals surface area contributed by atoms with Crippen molar-refractivity contribution >= 4 is 23.4 Å². The van der Waals surface area contributed by atoms with Gasteiger partial charge in [-0.15, -0.1) is 0 Å². The minimum atomic E-state index is 0.236. The second-order valence-corrected chi connectivity index (χ2v) is 8.29. The van der Waals surface area contributed by atoms with Crippen LogP contribution in [0.15, 0.2) is 12.1 Å². The molecule has 0 aromatic heterocycles. The maximum atomic E-state index is 12.3. The first-order valence-electron chi connectivity index (χ1n) is 10.5. The highest BCUT2D eigenvalue weighted by atomic mass is 35.5. The third kappa shape index (κ3) is 4.78. The van der Waals surface area contributed by atoms with Crippen molar-refractivity contribution in [2.24, 2.45) is 0 Å². The second kappa shape index (κ2) is 9.22. The van der Waals surface area contributed by atoms with Gasteiger partial charge in [-0.1, -0.05) is 11.6 Å². The molecule has 2 fully saturated rings. The van der Waals surface area contributed by atoms with Gasteiger partial charge in [-0.05, 0) is 43.9 Å². The van der Waals surface area contributed by atoms with E-state index in [-0.39, 0.29) is 24.6 Å². The first-order valence-corrected chi connectivity index (χ1v) is 10.9. The number of fused-ring (bicyclic) bond motifs is 1. The summed E-state index contributed by atoms with van der Waals surface area (Å²) in [5.74, 6) is 1.91. The SMILES string of the molecule is O=C1CCCN1CCCN1C(=O)CCC1CCNCc1cc2c(cc1Cl)OCO2. The molecule has 2 saturated heterocycles. The van der Waals surface area contributed by atoms with Gasteiger partial charge in [-0.25, -0.2) is 0 Å². The van der Waals surface area contributed by atoms with Gasteiger partial charge in [-0.3, -0.25) is 9.59 Å². The lowest BCUT2D eigenvalue weighted by Crippen LogP contribution is -2.37. The van der Waals surface area contributed by atoms with Crippen molar-refractivity contribution in [3.05, 3.63) is 22.7 Å². The fourth-order valence-corrected chi connectivity index (χ4v) is 4.58. The molecule has 3 aliphatic heterocycles. The van der Waals surface area contributed by atoms with E-state index < -0.39 is 0 Å². The van der Waals surface area contributed by atoms with Gasteiger partial charge in [0.2, 0.25) is 18.6 Å². The Hall–Kier alpha value is -1.99. The van der Waals surface area contributed by atoms with Crippen molar-refractivity contribution < 1.29 is 19.1 Å². The molecule has 0 radical (unpaired) electrons. The number of carbonyl (C=O) groups excluding carboxylic acids is 2. The van der Waals surface area contributed by atoms with Crippen LogP contribution in [0.3, 0.4) is 0 Å². The average Bonchev–Trinajstić information content (AvgIpc) is 3.41. The third-order valence-corrected chi connectivity index (χ3v) is 6.31. The van der Waals surface area contributed by atoms with Crippen molar-refractivity contribution in [3.8, 4) is 11.5 Å². The molecule has 1 aromatic carbocycles. The summed E-state index contributed by atoms with van der Waals surface area (Å²) in [6.07, 6.45) is 4.94. The van der Waals surface area contributed by atoms with Gasteiger partial charge in [0.25, 0.3) is 0 Å². The molecule has 0 spiro atoms. The molecular formula is C21H28ClN3O4. The van der Waals surface area contributed by atoms with Crippen LogP contribution < -0.4 is 14.8 Å². The zero-order valence-electron chi connectivity index (χ0n) is 16.6. The molecule has 0 saturated carbocycles. The number of nitrogens with one attached hydrogen (secondary N) is 1. The Morgan fingerprint density at radius 1 is 1.10 bits per heavy atom. The summed E-state index contributed by atoms with van der Waals surface area (Å²) in [7, 11) is 0. The minimum Gasteiger partial charge on any atom is -0.454 e. The van der Waals surface area contributed by atoms with Crippen LogP contribution in [0.5, 0.6) is 11.5 Å². The second-order valence-electron chi connectivity index (χ2n) is 7.88. The minimum absolute atomic E-state index is 0.236. The van der Waals surface area contributed by atoms with Crippen molar-refractivity contribution in [2.75, 3.05) is 33.0 Å². The van der Waals surface area contributed by atoms with Gasteiger partial charge in [0.15, 0.2) is 11.5 Å². The molecular weight excluding hydrogens is 394 g/mol. The molecule has 4 rings (SSSR count). The summed E-state index contributed by atoms with van der Waals surface area (Å²) in [6.45, 7) is 4.05. The van der Waals surface area contributed by atoms with Crippen LogP contribution in [-0.4, -0.2) is 60.6 Å². The van der Waals surface area contributed by atoms with E-state index >= 15 is 0 Å². The number of likely N-dealkylation sites (tertiary alicyclic amines) is 2. The van der Waals surface area contributed by atoms with Crippen molar-refractivity contribution in [2.45, 2.75) is 51.1 Å². The Morgan fingerprint density at radius 2 is 1.93 bits per heavy atom. The number of benzene rings is 1. The molecule has 0 aliphatic carbocycles. The Kier molecular flexibility index (Phi) is 6.45. The summed E-state index contributed by atoms with van der Waals surface area (Å²) < 4.78 is 10.7.